The van der Waals surface area contributed by atoms with Gasteiger partial charge in [-0.2, -0.15) is 0 Å². The van der Waals surface area contributed by atoms with Crippen molar-refractivity contribution in [3.05, 3.63) is 54.1 Å². The van der Waals surface area contributed by atoms with Crippen molar-refractivity contribution in [1.29, 1.82) is 0 Å². The molecular weight excluding hydrogens is 424 g/mol. The first-order valence-electron chi connectivity index (χ1n) is 10.0. The molecule has 7 nitrogen and oxygen atoms in total. The number of nitrogens with zero attached hydrogens (tertiary/aromatic N) is 1. The first-order valence-corrected chi connectivity index (χ1v) is 13.2. The maximum absolute atomic E-state index is 12.8. The zero-order valence-electron chi connectivity index (χ0n) is 16.5. The smallest absolute Gasteiger partial charge is 0.255 e. The van der Waals surface area contributed by atoms with E-state index in [9.17, 15) is 21.6 Å². The molecule has 2 aromatic rings. The highest BCUT2D eigenvalue weighted by molar-refractivity contribution is 7.93. The van der Waals surface area contributed by atoms with Crippen molar-refractivity contribution in [3.8, 4) is 0 Å². The number of benzene rings is 2. The molecular formula is C21H24N2O5S2. The van der Waals surface area contributed by atoms with Crippen molar-refractivity contribution in [3.63, 3.8) is 0 Å². The molecule has 1 amide bonds. The van der Waals surface area contributed by atoms with Crippen LogP contribution < -0.4 is 9.62 Å². The third-order valence-corrected chi connectivity index (χ3v) is 9.81. The Morgan fingerprint density at radius 1 is 1.00 bits per heavy atom. The lowest BCUT2D eigenvalue weighted by Gasteiger charge is -2.17. The van der Waals surface area contributed by atoms with Crippen LogP contribution in [0, 0.1) is 0 Å². The summed E-state index contributed by atoms with van der Waals surface area (Å²) in [6, 6.07) is 12.7. The van der Waals surface area contributed by atoms with Crippen LogP contribution >= 0.6 is 0 Å². The standard InChI is InChI=1S/C21H24N2O5S2/c24-21(16-9-11-18(12-10-16)23-13-4-14-29(23,25)26)22-17-5-3-8-20(15-17)30(27,28)19-6-1-2-7-19/h3,5,8-12,15,19H,1-2,4,6-7,13-14H2,(H,22,24). The Bertz CT molecular complexity index is 1150. The second-order valence-electron chi connectivity index (χ2n) is 7.72. The number of amides is 1. The summed E-state index contributed by atoms with van der Waals surface area (Å²) in [6.45, 7) is 0.441. The van der Waals surface area contributed by atoms with Crippen LogP contribution in [0.25, 0.3) is 0 Å². The van der Waals surface area contributed by atoms with Crippen molar-refractivity contribution >= 4 is 37.1 Å². The summed E-state index contributed by atoms with van der Waals surface area (Å²) < 4.78 is 51.0. The molecule has 0 radical (unpaired) electrons. The summed E-state index contributed by atoms with van der Waals surface area (Å²) in [5, 5.41) is 2.38. The third-order valence-electron chi connectivity index (χ3n) is 5.68. The number of hydrogen-bond acceptors (Lipinski definition) is 5. The van der Waals surface area contributed by atoms with E-state index in [0.29, 0.717) is 42.7 Å². The van der Waals surface area contributed by atoms with Gasteiger partial charge in [-0.05, 0) is 61.7 Å². The molecule has 30 heavy (non-hydrogen) atoms. The maximum atomic E-state index is 12.8. The van der Waals surface area contributed by atoms with Crippen LogP contribution in [0.2, 0.25) is 0 Å². The molecule has 1 heterocycles. The van der Waals surface area contributed by atoms with Gasteiger partial charge in [0.1, 0.15) is 0 Å². The van der Waals surface area contributed by atoms with Gasteiger partial charge in [0.2, 0.25) is 10.0 Å². The van der Waals surface area contributed by atoms with Crippen LogP contribution in [0.4, 0.5) is 11.4 Å². The number of carbonyl (C=O) groups excluding carboxylic acids is 1. The molecule has 0 unspecified atom stereocenters. The molecule has 9 heteroatoms. The highest BCUT2D eigenvalue weighted by atomic mass is 32.2. The Morgan fingerprint density at radius 3 is 2.33 bits per heavy atom. The minimum Gasteiger partial charge on any atom is -0.322 e. The number of hydrogen-bond donors (Lipinski definition) is 1. The van der Waals surface area contributed by atoms with E-state index in [1.54, 1.807) is 42.5 Å². The van der Waals surface area contributed by atoms with E-state index in [-0.39, 0.29) is 21.8 Å². The summed E-state index contributed by atoms with van der Waals surface area (Å²) in [6.07, 6.45) is 3.80. The average Bonchev–Trinajstić information content (AvgIpc) is 3.38. The fourth-order valence-corrected chi connectivity index (χ4v) is 7.52. The molecule has 4 rings (SSSR count). The first-order chi connectivity index (χ1) is 14.3. The van der Waals surface area contributed by atoms with Crippen LogP contribution in [0.1, 0.15) is 42.5 Å². The SMILES string of the molecule is O=C(Nc1cccc(S(=O)(=O)C2CCCC2)c1)c1ccc(N2CCCS2(=O)=O)cc1. The van der Waals surface area contributed by atoms with E-state index in [1.807, 2.05) is 0 Å². The number of rotatable bonds is 5. The zero-order valence-corrected chi connectivity index (χ0v) is 18.1. The predicted molar refractivity (Wildman–Crippen MR) is 116 cm³/mol. The Balaban J connectivity index is 1.49. The first kappa shape index (κ1) is 20.9. The fraction of sp³-hybridized carbons (Fsp3) is 0.381. The minimum atomic E-state index is -3.40. The zero-order chi connectivity index (χ0) is 21.4. The Hall–Kier alpha value is -2.39. The van der Waals surface area contributed by atoms with Gasteiger partial charge in [-0.3, -0.25) is 9.10 Å². The molecule has 0 atom stereocenters. The van der Waals surface area contributed by atoms with E-state index in [1.165, 1.54) is 10.4 Å². The number of carbonyl (C=O) groups is 1. The van der Waals surface area contributed by atoms with E-state index in [4.69, 9.17) is 0 Å². The number of anilines is 2. The molecule has 2 fully saturated rings. The molecule has 1 aliphatic carbocycles. The number of nitrogens with one attached hydrogen (secondary N) is 1. The summed E-state index contributed by atoms with van der Waals surface area (Å²) in [4.78, 5) is 12.8. The Kier molecular flexibility index (Phi) is 5.59. The van der Waals surface area contributed by atoms with Crippen molar-refractivity contribution < 1.29 is 21.6 Å². The third kappa shape index (κ3) is 4.09. The van der Waals surface area contributed by atoms with Gasteiger partial charge >= 0.3 is 0 Å². The van der Waals surface area contributed by atoms with Crippen LogP contribution in [-0.2, 0) is 19.9 Å². The van der Waals surface area contributed by atoms with Crippen LogP contribution in [0.15, 0.2) is 53.4 Å². The molecule has 0 aromatic heterocycles. The molecule has 0 spiro atoms. The Morgan fingerprint density at radius 2 is 1.70 bits per heavy atom. The van der Waals surface area contributed by atoms with Crippen LogP contribution in [0.3, 0.4) is 0 Å². The van der Waals surface area contributed by atoms with Crippen LogP contribution in [0.5, 0.6) is 0 Å². The van der Waals surface area contributed by atoms with Crippen molar-refractivity contribution in [2.75, 3.05) is 21.9 Å². The lowest BCUT2D eigenvalue weighted by Crippen LogP contribution is -2.25. The van der Waals surface area contributed by atoms with E-state index in [2.05, 4.69) is 5.32 Å². The van der Waals surface area contributed by atoms with Gasteiger partial charge in [0.15, 0.2) is 9.84 Å². The van der Waals surface area contributed by atoms with E-state index in [0.717, 1.165) is 12.8 Å². The second-order valence-corrected chi connectivity index (χ2v) is 12.0. The number of sulfonamides is 1. The lowest BCUT2D eigenvalue weighted by molar-refractivity contribution is 0.102. The lowest BCUT2D eigenvalue weighted by atomic mass is 10.2. The van der Waals surface area contributed by atoms with Gasteiger partial charge in [0, 0.05) is 17.8 Å². The van der Waals surface area contributed by atoms with Gasteiger partial charge in [0.05, 0.1) is 21.6 Å². The number of sulfone groups is 1. The summed E-state index contributed by atoms with van der Waals surface area (Å²) in [5.74, 6) is -0.253. The summed E-state index contributed by atoms with van der Waals surface area (Å²) in [7, 11) is -6.67. The van der Waals surface area contributed by atoms with Gasteiger partial charge in [-0.1, -0.05) is 18.9 Å². The van der Waals surface area contributed by atoms with Crippen LogP contribution in [-0.4, -0.2) is 40.3 Å². The van der Waals surface area contributed by atoms with Gasteiger partial charge in [-0.15, -0.1) is 0 Å². The molecule has 1 saturated carbocycles. The van der Waals surface area contributed by atoms with Crippen molar-refractivity contribution in [1.82, 2.24) is 0 Å². The molecule has 2 aromatic carbocycles. The quantitative estimate of drug-likeness (QED) is 0.757. The fourth-order valence-electron chi connectivity index (χ4n) is 4.05. The highest BCUT2D eigenvalue weighted by Gasteiger charge is 2.30. The second kappa shape index (κ2) is 8.03. The van der Waals surface area contributed by atoms with E-state index >= 15 is 0 Å². The van der Waals surface area contributed by atoms with Gasteiger partial charge in [0.25, 0.3) is 5.91 Å². The minimum absolute atomic E-state index is 0.134. The topological polar surface area (TPSA) is 101 Å². The molecule has 1 aliphatic heterocycles. The van der Waals surface area contributed by atoms with Crippen molar-refractivity contribution in [2.24, 2.45) is 0 Å². The monoisotopic (exact) mass is 448 g/mol. The average molecular weight is 449 g/mol. The predicted octanol–water partition coefficient (Wildman–Crippen LogP) is 3.20. The highest BCUT2D eigenvalue weighted by Crippen LogP contribution is 2.30. The molecule has 2 aliphatic rings. The maximum Gasteiger partial charge on any atom is 0.255 e. The molecule has 0 bridgehead atoms. The normalized spacial score (nSPS) is 19.1. The largest absolute Gasteiger partial charge is 0.322 e. The summed E-state index contributed by atoms with van der Waals surface area (Å²) >= 11 is 0. The van der Waals surface area contributed by atoms with Gasteiger partial charge in [-0.25, -0.2) is 16.8 Å². The molecule has 160 valence electrons. The van der Waals surface area contributed by atoms with E-state index < -0.39 is 19.9 Å². The Labute approximate surface area is 177 Å². The molecule has 1 saturated heterocycles. The summed E-state index contributed by atoms with van der Waals surface area (Å²) in [5.41, 5.74) is 1.30. The van der Waals surface area contributed by atoms with Gasteiger partial charge < -0.3 is 5.32 Å². The molecule has 1 N–H and O–H groups in total. The van der Waals surface area contributed by atoms with Crippen molar-refractivity contribution in [2.45, 2.75) is 42.2 Å².